The normalized spacial score (nSPS) is 10.6. The molecular weight excluding hydrogens is 341 g/mol. The van der Waals surface area contributed by atoms with Crippen LogP contribution in [0, 0.1) is 25.5 Å². The molecule has 100 valence electrons. The first-order valence-corrected chi connectivity index (χ1v) is 6.39. The third-order valence-electron chi connectivity index (χ3n) is 2.59. The lowest BCUT2D eigenvalue weighted by Crippen LogP contribution is -2.00. The quantitative estimate of drug-likeness (QED) is 0.744. The SMILES string of the molecule is Cc1c(Cl)nnc(Oc2cc(Br)cc(F)c2F)c1C. The summed E-state index contributed by atoms with van der Waals surface area (Å²) in [4.78, 5) is 0. The summed E-state index contributed by atoms with van der Waals surface area (Å²) in [5.74, 6) is -2.29. The summed E-state index contributed by atoms with van der Waals surface area (Å²) < 4.78 is 32.4. The molecule has 0 radical (unpaired) electrons. The van der Waals surface area contributed by atoms with Crippen LogP contribution in [0.15, 0.2) is 16.6 Å². The van der Waals surface area contributed by atoms with E-state index in [0.717, 1.165) is 6.07 Å². The number of benzene rings is 1. The second-order valence-electron chi connectivity index (χ2n) is 3.85. The molecule has 0 fully saturated rings. The highest BCUT2D eigenvalue weighted by molar-refractivity contribution is 9.10. The van der Waals surface area contributed by atoms with Gasteiger partial charge in [0.1, 0.15) is 0 Å². The highest BCUT2D eigenvalue weighted by atomic mass is 79.9. The van der Waals surface area contributed by atoms with E-state index in [1.54, 1.807) is 13.8 Å². The van der Waals surface area contributed by atoms with Crippen molar-refractivity contribution in [1.82, 2.24) is 10.2 Å². The van der Waals surface area contributed by atoms with E-state index in [-0.39, 0.29) is 16.8 Å². The maximum atomic E-state index is 13.6. The fraction of sp³-hybridized carbons (Fsp3) is 0.167. The van der Waals surface area contributed by atoms with Crippen molar-refractivity contribution in [2.24, 2.45) is 0 Å². The van der Waals surface area contributed by atoms with Crippen LogP contribution in [0.1, 0.15) is 11.1 Å². The Morgan fingerprint density at radius 1 is 1.16 bits per heavy atom. The maximum Gasteiger partial charge on any atom is 0.242 e. The van der Waals surface area contributed by atoms with Gasteiger partial charge in [0.15, 0.2) is 16.7 Å². The predicted octanol–water partition coefficient (Wildman–Crippen LogP) is 4.58. The minimum Gasteiger partial charge on any atom is -0.434 e. The molecule has 1 aromatic heterocycles. The molecule has 0 bridgehead atoms. The summed E-state index contributed by atoms with van der Waals surface area (Å²) in [5, 5.41) is 7.64. The maximum absolute atomic E-state index is 13.6. The van der Waals surface area contributed by atoms with Crippen LogP contribution in [-0.2, 0) is 0 Å². The molecule has 2 rings (SSSR count). The number of ether oxygens (including phenoxy) is 1. The van der Waals surface area contributed by atoms with Gasteiger partial charge in [0.05, 0.1) is 0 Å². The predicted molar refractivity (Wildman–Crippen MR) is 70.6 cm³/mol. The van der Waals surface area contributed by atoms with Crippen molar-refractivity contribution in [3.05, 3.63) is 44.5 Å². The van der Waals surface area contributed by atoms with Crippen LogP contribution in [0.25, 0.3) is 0 Å². The van der Waals surface area contributed by atoms with E-state index in [1.165, 1.54) is 6.07 Å². The first-order valence-electron chi connectivity index (χ1n) is 5.22. The van der Waals surface area contributed by atoms with Crippen LogP contribution in [0.3, 0.4) is 0 Å². The van der Waals surface area contributed by atoms with E-state index in [1.807, 2.05) is 0 Å². The summed E-state index contributed by atoms with van der Waals surface area (Å²) in [6.07, 6.45) is 0. The number of nitrogens with zero attached hydrogens (tertiary/aromatic N) is 2. The van der Waals surface area contributed by atoms with Crippen molar-refractivity contribution in [3.8, 4) is 11.6 Å². The molecule has 1 heterocycles. The largest absolute Gasteiger partial charge is 0.434 e. The van der Waals surface area contributed by atoms with Crippen LogP contribution in [0.2, 0.25) is 5.15 Å². The van der Waals surface area contributed by atoms with Crippen molar-refractivity contribution in [2.75, 3.05) is 0 Å². The Labute approximate surface area is 121 Å². The number of halogens is 4. The fourth-order valence-electron chi connectivity index (χ4n) is 1.36. The van der Waals surface area contributed by atoms with Crippen LogP contribution in [0.5, 0.6) is 11.6 Å². The molecule has 0 spiro atoms. The lowest BCUT2D eigenvalue weighted by atomic mass is 10.2. The molecule has 0 saturated carbocycles. The Bertz CT molecular complexity index is 652. The van der Waals surface area contributed by atoms with E-state index in [0.29, 0.717) is 15.6 Å². The van der Waals surface area contributed by atoms with Gasteiger partial charge in [-0.05, 0) is 31.5 Å². The third-order valence-corrected chi connectivity index (χ3v) is 3.40. The fourth-order valence-corrected chi connectivity index (χ4v) is 1.95. The second kappa shape index (κ2) is 5.38. The molecule has 0 aliphatic rings. The van der Waals surface area contributed by atoms with E-state index in [2.05, 4.69) is 26.1 Å². The molecule has 0 unspecified atom stereocenters. The average molecular weight is 350 g/mol. The highest BCUT2D eigenvalue weighted by Crippen LogP contribution is 2.31. The Kier molecular flexibility index (Phi) is 4.01. The topological polar surface area (TPSA) is 35.0 Å². The van der Waals surface area contributed by atoms with Crippen molar-refractivity contribution < 1.29 is 13.5 Å². The minimum absolute atomic E-state index is 0.0818. The van der Waals surface area contributed by atoms with E-state index >= 15 is 0 Å². The molecule has 0 atom stereocenters. The van der Waals surface area contributed by atoms with Crippen molar-refractivity contribution >= 4 is 27.5 Å². The van der Waals surface area contributed by atoms with Gasteiger partial charge in [-0.3, -0.25) is 0 Å². The summed E-state index contributed by atoms with van der Waals surface area (Å²) in [7, 11) is 0. The summed E-state index contributed by atoms with van der Waals surface area (Å²) >= 11 is 8.86. The summed E-state index contributed by atoms with van der Waals surface area (Å²) in [5.41, 5.74) is 1.28. The van der Waals surface area contributed by atoms with E-state index in [4.69, 9.17) is 16.3 Å². The van der Waals surface area contributed by atoms with Crippen LogP contribution in [-0.4, -0.2) is 10.2 Å². The minimum atomic E-state index is -1.09. The van der Waals surface area contributed by atoms with Gasteiger partial charge in [-0.1, -0.05) is 27.5 Å². The zero-order valence-corrected chi connectivity index (χ0v) is 12.3. The number of rotatable bonds is 2. The lowest BCUT2D eigenvalue weighted by molar-refractivity contribution is 0.398. The molecule has 3 nitrogen and oxygen atoms in total. The summed E-state index contributed by atoms with van der Waals surface area (Å²) in [6, 6.07) is 2.32. The zero-order valence-electron chi connectivity index (χ0n) is 9.97. The molecule has 0 saturated heterocycles. The summed E-state index contributed by atoms with van der Waals surface area (Å²) in [6.45, 7) is 3.44. The van der Waals surface area contributed by atoms with Crippen molar-refractivity contribution in [3.63, 3.8) is 0 Å². The Balaban J connectivity index is 2.45. The van der Waals surface area contributed by atoms with Crippen LogP contribution < -0.4 is 4.74 Å². The molecule has 7 heteroatoms. The number of aromatic nitrogens is 2. The van der Waals surface area contributed by atoms with Gasteiger partial charge in [0.2, 0.25) is 11.7 Å². The molecule has 0 N–H and O–H groups in total. The Morgan fingerprint density at radius 2 is 1.84 bits per heavy atom. The monoisotopic (exact) mass is 348 g/mol. The van der Waals surface area contributed by atoms with Crippen molar-refractivity contribution in [2.45, 2.75) is 13.8 Å². The number of hydrogen-bond donors (Lipinski definition) is 0. The van der Waals surface area contributed by atoms with Gasteiger partial charge in [0, 0.05) is 10.0 Å². The van der Waals surface area contributed by atoms with Crippen LogP contribution >= 0.6 is 27.5 Å². The molecule has 0 aliphatic heterocycles. The van der Waals surface area contributed by atoms with Gasteiger partial charge in [-0.15, -0.1) is 10.2 Å². The lowest BCUT2D eigenvalue weighted by Gasteiger charge is -2.10. The molecule has 19 heavy (non-hydrogen) atoms. The van der Waals surface area contributed by atoms with Gasteiger partial charge < -0.3 is 4.74 Å². The van der Waals surface area contributed by atoms with Gasteiger partial charge in [-0.2, -0.15) is 4.39 Å². The van der Waals surface area contributed by atoms with Gasteiger partial charge in [-0.25, -0.2) is 4.39 Å². The Morgan fingerprint density at radius 3 is 2.53 bits per heavy atom. The standard InChI is InChI=1S/C12H8BrClF2N2O/c1-5-6(2)12(18-17-11(5)14)19-9-4-7(13)3-8(15)10(9)16/h3-4H,1-2H3. The first kappa shape index (κ1) is 14.1. The van der Waals surface area contributed by atoms with Gasteiger partial charge >= 0.3 is 0 Å². The molecular formula is C12H8BrClF2N2O. The smallest absolute Gasteiger partial charge is 0.242 e. The van der Waals surface area contributed by atoms with Gasteiger partial charge in [0.25, 0.3) is 0 Å². The van der Waals surface area contributed by atoms with E-state index in [9.17, 15) is 8.78 Å². The highest BCUT2D eigenvalue weighted by Gasteiger charge is 2.16. The molecule has 0 amide bonds. The second-order valence-corrected chi connectivity index (χ2v) is 5.12. The van der Waals surface area contributed by atoms with Crippen molar-refractivity contribution in [1.29, 1.82) is 0 Å². The van der Waals surface area contributed by atoms with E-state index < -0.39 is 11.6 Å². The third kappa shape index (κ3) is 2.84. The molecule has 2 aromatic rings. The molecule has 0 aliphatic carbocycles. The molecule has 1 aromatic carbocycles. The average Bonchev–Trinajstić information content (AvgIpc) is 2.36. The number of hydrogen-bond acceptors (Lipinski definition) is 3. The zero-order chi connectivity index (χ0) is 14.2. The first-order chi connectivity index (χ1) is 8.90. The Hall–Kier alpha value is -1.27. The van der Waals surface area contributed by atoms with Crippen LogP contribution in [0.4, 0.5) is 8.78 Å².